The van der Waals surface area contributed by atoms with Gasteiger partial charge in [0.1, 0.15) is 6.61 Å². The number of thioether (sulfide) groups is 1. The lowest BCUT2D eigenvalue weighted by atomic mass is 10.0. The van der Waals surface area contributed by atoms with Crippen LogP contribution in [0, 0.1) is 0 Å². The van der Waals surface area contributed by atoms with Gasteiger partial charge in [-0.25, -0.2) is 4.79 Å². The second-order valence-electron chi connectivity index (χ2n) is 5.24. The summed E-state index contributed by atoms with van der Waals surface area (Å²) in [5, 5.41) is 4.05. The molecule has 5 heteroatoms. The molecule has 1 amide bonds. The van der Waals surface area contributed by atoms with Gasteiger partial charge in [0.05, 0.1) is 0 Å². The molecule has 2 unspecified atom stereocenters. The van der Waals surface area contributed by atoms with E-state index in [4.69, 9.17) is 4.74 Å². The van der Waals surface area contributed by atoms with Crippen molar-refractivity contribution in [2.45, 2.75) is 24.3 Å². The number of fused-ring (bicyclic) bond motifs is 1. The molecule has 2 aliphatic heterocycles. The van der Waals surface area contributed by atoms with Crippen molar-refractivity contribution in [2.24, 2.45) is 0 Å². The molecule has 2 heterocycles. The van der Waals surface area contributed by atoms with Gasteiger partial charge in [0.15, 0.2) is 0 Å². The predicted molar refractivity (Wildman–Crippen MR) is 80.9 cm³/mol. The van der Waals surface area contributed by atoms with Gasteiger partial charge in [-0.15, -0.1) is 0 Å². The Bertz CT molecular complexity index is 454. The summed E-state index contributed by atoms with van der Waals surface area (Å²) < 4.78 is 5.40. The number of carbonyl (C=O) groups excluding carboxylic acids is 1. The Balaban J connectivity index is 1.50. The SMILES string of the molecule is O=C(OCc1ccccc1)N1CCC2NCCSC2C1. The van der Waals surface area contributed by atoms with Gasteiger partial charge in [-0.05, 0) is 12.0 Å². The van der Waals surface area contributed by atoms with Crippen LogP contribution in [-0.2, 0) is 11.3 Å². The molecule has 0 spiro atoms. The van der Waals surface area contributed by atoms with E-state index in [0.717, 1.165) is 37.4 Å². The van der Waals surface area contributed by atoms with Crippen LogP contribution in [0.1, 0.15) is 12.0 Å². The molecule has 0 aliphatic carbocycles. The van der Waals surface area contributed by atoms with Gasteiger partial charge in [0.2, 0.25) is 0 Å². The standard InChI is InChI=1S/C15H20N2O2S/c18-15(19-11-12-4-2-1-3-5-12)17-8-6-13-14(10-17)20-9-7-16-13/h1-5,13-14,16H,6-11H2. The summed E-state index contributed by atoms with van der Waals surface area (Å²) in [6.45, 7) is 3.04. The van der Waals surface area contributed by atoms with Gasteiger partial charge in [0, 0.05) is 36.7 Å². The zero-order valence-corrected chi connectivity index (χ0v) is 12.3. The van der Waals surface area contributed by atoms with E-state index in [1.54, 1.807) is 0 Å². The second kappa shape index (κ2) is 6.50. The van der Waals surface area contributed by atoms with E-state index in [-0.39, 0.29) is 6.09 Å². The molecule has 1 aromatic rings. The summed E-state index contributed by atoms with van der Waals surface area (Å²) in [6.07, 6.45) is 0.844. The number of hydrogen-bond acceptors (Lipinski definition) is 4. The highest BCUT2D eigenvalue weighted by molar-refractivity contribution is 8.00. The average Bonchev–Trinajstić information content (AvgIpc) is 2.53. The highest BCUT2D eigenvalue weighted by Gasteiger charge is 2.33. The fraction of sp³-hybridized carbons (Fsp3) is 0.533. The fourth-order valence-electron chi connectivity index (χ4n) is 2.75. The van der Waals surface area contributed by atoms with Crippen LogP contribution < -0.4 is 5.32 Å². The number of nitrogens with one attached hydrogen (secondary N) is 1. The van der Waals surface area contributed by atoms with Crippen LogP contribution in [-0.4, -0.2) is 47.7 Å². The minimum absolute atomic E-state index is 0.182. The number of benzene rings is 1. The second-order valence-corrected chi connectivity index (χ2v) is 6.59. The van der Waals surface area contributed by atoms with Gasteiger partial charge in [-0.3, -0.25) is 0 Å². The molecule has 0 saturated carbocycles. The molecule has 2 aliphatic rings. The molecular formula is C15H20N2O2S. The first kappa shape index (κ1) is 13.8. The number of likely N-dealkylation sites (tertiary alicyclic amines) is 1. The molecule has 0 bridgehead atoms. The summed E-state index contributed by atoms with van der Waals surface area (Å²) in [5.74, 6) is 1.13. The van der Waals surface area contributed by atoms with Gasteiger partial charge in [-0.2, -0.15) is 11.8 Å². The van der Waals surface area contributed by atoms with E-state index in [2.05, 4.69) is 5.32 Å². The molecule has 0 radical (unpaired) electrons. The summed E-state index contributed by atoms with van der Waals surface area (Å²) in [4.78, 5) is 14.0. The molecule has 0 aromatic heterocycles. The lowest BCUT2D eigenvalue weighted by Crippen LogP contribution is -2.55. The summed E-state index contributed by atoms with van der Waals surface area (Å²) in [7, 11) is 0. The molecule has 108 valence electrons. The molecule has 3 rings (SSSR count). The largest absolute Gasteiger partial charge is 0.445 e. The highest BCUT2D eigenvalue weighted by Crippen LogP contribution is 2.26. The zero-order chi connectivity index (χ0) is 13.8. The summed E-state index contributed by atoms with van der Waals surface area (Å²) in [6, 6.07) is 10.4. The van der Waals surface area contributed by atoms with Crippen molar-refractivity contribution in [2.75, 3.05) is 25.4 Å². The predicted octanol–water partition coefficient (Wildman–Crippen LogP) is 2.10. The van der Waals surface area contributed by atoms with Crippen molar-refractivity contribution in [1.82, 2.24) is 10.2 Å². The first-order valence-corrected chi connectivity index (χ1v) is 8.18. The lowest BCUT2D eigenvalue weighted by Gasteiger charge is -2.40. The van der Waals surface area contributed by atoms with E-state index in [1.165, 1.54) is 0 Å². The maximum Gasteiger partial charge on any atom is 0.410 e. The highest BCUT2D eigenvalue weighted by atomic mass is 32.2. The average molecular weight is 292 g/mol. The Morgan fingerprint density at radius 1 is 1.40 bits per heavy atom. The van der Waals surface area contributed by atoms with Crippen molar-refractivity contribution in [3.63, 3.8) is 0 Å². The third kappa shape index (κ3) is 3.27. The zero-order valence-electron chi connectivity index (χ0n) is 11.5. The topological polar surface area (TPSA) is 41.6 Å². The van der Waals surface area contributed by atoms with Crippen molar-refractivity contribution in [1.29, 1.82) is 0 Å². The minimum Gasteiger partial charge on any atom is -0.445 e. The van der Waals surface area contributed by atoms with Gasteiger partial charge in [0.25, 0.3) is 0 Å². The van der Waals surface area contributed by atoms with E-state index in [9.17, 15) is 4.79 Å². The molecular weight excluding hydrogens is 272 g/mol. The first-order valence-electron chi connectivity index (χ1n) is 7.13. The smallest absolute Gasteiger partial charge is 0.410 e. The first-order chi connectivity index (χ1) is 9.83. The Morgan fingerprint density at radius 3 is 3.10 bits per heavy atom. The number of amides is 1. The van der Waals surface area contributed by atoms with Crippen LogP contribution in [0.4, 0.5) is 4.79 Å². The third-order valence-electron chi connectivity index (χ3n) is 3.86. The Labute approximate surface area is 123 Å². The van der Waals surface area contributed by atoms with Crippen molar-refractivity contribution in [3.8, 4) is 0 Å². The van der Waals surface area contributed by atoms with Crippen LogP contribution in [0.15, 0.2) is 30.3 Å². The normalized spacial score (nSPS) is 25.9. The number of nitrogens with zero attached hydrogens (tertiary/aromatic N) is 1. The van der Waals surface area contributed by atoms with E-state index in [1.807, 2.05) is 47.0 Å². The molecule has 2 atom stereocenters. The maximum atomic E-state index is 12.1. The summed E-state index contributed by atoms with van der Waals surface area (Å²) in [5.41, 5.74) is 1.03. The fourth-order valence-corrected chi connectivity index (χ4v) is 4.04. The minimum atomic E-state index is -0.182. The Morgan fingerprint density at radius 2 is 2.25 bits per heavy atom. The third-order valence-corrected chi connectivity index (χ3v) is 5.21. The number of carbonyl (C=O) groups is 1. The molecule has 20 heavy (non-hydrogen) atoms. The van der Waals surface area contributed by atoms with Crippen LogP contribution >= 0.6 is 11.8 Å². The van der Waals surface area contributed by atoms with Crippen LogP contribution in [0.2, 0.25) is 0 Å². The number of hydrogen-bond donors (Lipinski definition) is 1. The van der Waals surface area contributed by atoms with E-state index >= 15 is 0 Å². The van der Waals surface area contributed by atoms with Crippen molar-refractivity contribution >= 4 is 17.9 Å². The number of ether oxygens (including phenoxy) is 1. The monoisotopic (exact) mass is 292 g/mol. The molecule has 2 saturated heterocycles. The molecule has 2 fully saturated rings. The number of piperidine rings is 1. The van der Waals surface area contributed by atoms with Crippen LogP contribution in [0.5, 0.6) is 0 Å². The van der Waals surface area contributed by atoms with E-state index < -0.39 is 0 Å². The van der Waals surface area contributed by atoms with Crippen molar-refractivity contribution < 1.29 is 9.53 Å². The molecule has 1 N–H and O–H groups in total. The van der Waals surface area contributed by atoms with Gasteiger partial charge < -0.3 is 15.0 Å². The Kier molecular flexibility index (Phi) is 4.47. The van der Waals surface area contributed by atoms with Crippen LogP contribution in [0.25, 0.3) is 0 Å². The quantitative estimate of drug-likeness (QED) is 0.906. The van der Waals surface area contributed by atoms with Gasteiger partial charge >= 0.3 is 6.09 Å². The molecule has 1 aromatic carbocycles. The Hall–Kier alpha value is -1.20. The van der Waals surface area contributed by atoms with Gasteiger partial charge in [-0.1, -0.05) is 30.3 Å². The van der Waals surface area contributed by atoms with Crippen molar-refractivity contribution in [3.05, 3.63) is 35.9 Å². The lowest BCUT2D eigenvalue weighted by molar-refractivity contribution is 0.0863. The molecule has 4 nitrogen and oxygen atoms in total. The number of rotatable bonds is 2. The van der Waals surface area contributed by atoms with E-state index in [0.29, 0.717) is 17.9 Å². The summed E-state index contributed by atoms with van der Waals surface area (Å²) >= 11 is 1.97. The maximum absolute atomic E-state index is 12.1. The van der Waals surface area contributed by atoms with Crippen LogP contribution in [0.3, 0.4) is 0 Å².